The van der Waals surface area contributed by atoms with Crippen LogP contribution < -0.4 is 5.73 Å². The summed E-state index contributed by atoms with van der Waals surface area (Å²) >= 11 is 0. The van der Waals surface area contributed by atoms with Crippen LogP contribution in [0.25, 0.3) is 0 Å². The van der Waals surface area contributed by atoms with Crippen LogP contribution in [0.1, 0.15) is 37.2 Å². The second kappa shape index (κ2) is 5.15. The van der Waals surface area contributed by atoms with Crippen molar-refractivity contribution in [3.05, 3.63) is 54.1 Å². The first kappa shape index (κ1) is 11.9. The molecule has 0 spiro atoms. The lowest BCUT2D eigenvalue weighted by Gasteiger charge is -2.17. The molecule has 0 saturated carbocycles. The van der Waals surface area contributed by atoms with Crippen molar-refractivity contribution in [2.75, 3.05) is 0 Å². The van der Waals surface area contributed by atoms with Crippen LogP contribution in [0.3, 0.4) is 0 Å². The summed E-state index contributed by atoms with van der Waals surface area (Å²) in [5, 5.41) is 0. The second-order valence-electron chi connectivity index (χ2n) is 4.62. The molecule has 0 fully saturated rings. The van der Waals surface area contributed by atoms with Gasteiger partial charge in [-0.05, 0) is 25.8 Å². The lowest BCUT2D eigenvalue weighted by Crippen LogP contribution is -2.18. The monoisotopic (exact) mass is 229 g/mol. The van der Waals surface area contributed by atoms with Crippen molar-refractivity contribution >= 4 is 0 Å². The van der Waals surface area contributed by atoms with E-state index in [0.29, 0.717) is 6.04 Å². The highest BCUT2D eigenvalue weighted by atomic mass is 15.1. The molecule has 0 unspecified atom stereocenters. The molecule has 0 aliphatic carbocycles. The Kier molecular flexibility index (Phi) is 3.59. The van der Waals surface area contributed by atoms with Gasteiger partial charge in [-0.1, -0.05) is 30.3 Å². The van der Waals surface area contributed by atoms with E-state index in [4.69, 9.17) is 5.73 Å². The molecule has 0 radical (unpaired) electrons. The van der Waals surface area contributed by atoms with Crippen LogP contribution >= 0.6 is 0 Å². The zero-order valence-corrected chi connectivity index (χ0v) is 10.4. The maximum atomic E-state index is 6.25. The molecule has 0 bridgehead atoms. The lowest BCUT2D eigenvalue weighted by atomic mass is 10.0. The number of nitrogens with zero attached hydrogens (tertiary/aromatic N) is 2. The van der Waals surface area contributed by atoms with Crippen molar-refractivity contribution in [2.24, 2.45) is 5.73 Å². The molecular weight excluding hydrogens is 210 g/mol. The second-order valence-corrected chi connectivity index (χ2v) is 4.62. The van der Waals surface area contributed by atoms with Crippen molar-refractivity contribution in [3.63, 3.8) is 0 Å². The SMILES string of the molecule is CC(C)n1cncc1[C@H](N)Cc1ccccc1. The number of nitrogens with two attached hydrogens (primary N) is 1. The lowest BCUT2D eigenvalue weighted by molar-refractivity contribution is 0.539. The molecule has 0 saturated heterocycles. The summed E-state index contributed by atoms with van der Waals surface area (Å²) in [6, 6.07) is 10.7. The van der Waals surface area contributed by atoms with E-state index in [-0.39, 0.29) is 6.04 Å². The van der Waals surface area contributed by atoms with Gasteiger partial charge in [0.1, 0.15) is 0 Å². The van der Waals surface area contributed by atoms with Crippen LogP contribution in [0.2, 0.25) is 0 Å². The van der Waals surface area contributed by atoms with E-state index < -0.39 is 0 Å². The van der Waals surface area contributed by atoms with Crippen molar-refractivity contribution in [1.82, 2.24) is 9.55 Å². The molecule has 2 rings (SSSR count). The fourth-order valence-corrected chi connectivity index (χ4v) is 2.01. The summed E-state index contributed by atoms with van der Waals surface area (Å²) in [4.78, 5) is 4.19. The van der Waals surface area contributed by atoms with Gasteiger partial charge in [-0.3, -0.25) is 0 Å². The smallest absolute Gasteiger partial charge is 0.0951 e. The Balaban J connectivity index is 2.15. The number of hydrogen-bond donors (Lipinski definition) is 1. The first-order valence-electron chi connectivity index (χ1n) is 5.99. The first-order chi connectivity index (χ1) is 8.18. The zero-order valence-electron chi connectivity index (χ0n) is 10.4. The third-order valence-corrected chi connectivity index (χ3v) is 2.93. The molecule has 3 nitrogen and oxygen atoms in total. The topological polar surface area (TPSA) is 43.8 Å². The minimum atomic E-state index is 0.00213. The summed E-state index contributed by atoms with van der Waals surface area (Å²) in [5.41, 5.74) is 8.61. The predicted octanol–water partition coefficient (Wildman–Crippen LogP) is 2.71. The minimum Gasteiger partial charge on any atom is -0.331 e. The number of hydrogen-bond acceptors (Lipinski definition) is 2. The molecule has 17 heavy (non-hydrogen) atoms. The molecule has 1 aromatic carbocycles. The fraction of sp³-hybridized carbons (Fsp3) is 0.357. The maximum Gasteiger partial charge on any atom is 0.0951 e. The van der Waals surface area contributed by atoms with E-state index >= 15 is 0 Å². The Labute approximate surface area is 102 Å². The van der Waals surface area contributed by atoms with Gasteiger partial charge in [0.25, 0.3) is 0 Å². The van der Waals surface area contributed by atoms with Crippen molar-refractivity contribution in [1.29, 1.82) is 0 Å². The Hall–Kier alpha value is -1.61. The van der Waals surface area contributed by atoms with E-state index in [1.54, 1.807) is 0 Å². The quantitative estimate of drug-likeness (QED) is 0.876. The Morgan fingerprint density at radius 3 is 2.59 bits per heavy atom. The molecular formula is C14H19N3. The summed E-state index contributed by atoms with van der Waals surface area (Å²) in [6.07, 6.45) is 4.57. The van der Waals surface area contributed by atoms with Gasteiger partial charge in [0.2, 0.25) is 0 Å². The van der Waals surface area contributed by atoms with E-state index in [1.807, 2.05) is 30.7 Å². The summed E-state index contributed by atoms with van der Waals surface area (Å²) in [5.74, 6) is 0. The Bertz CT molecular complexity index is 459. The van der Waals surface area contributed by atoms with Gasteiger partial charge in [0, 0.05) is 12.2 Å². The molecule has 1 aromatic heterocycles. The van der Waals surface area contributed by atoms with Crippen LogP contribution in [-0.2, 0) is 6.42 Å². The van der Waals surface area contributed by atoms with E-state index in [0.717, 1.165) is 12.1 Å². The maximum absolute atomic E-state index is 6.25. The summed E-state index contributed by atoms with van der Waals surface area (Å²) < 4.78 is 2.13. The van der Waals surface area contributed by atoms with Crippen LogP contribution in [0.4, 0.5) is 0 Å². The normalized spacial score (nSPS) is 12.9. The molecule has 3 heteroatoms. The van der Waals surface area contributed by atoms with E-state index in [2.05, 4.69) is 35.5 Å². The van der Waals surface area contributed by atoms with Gasteiger partial charge in [-0.25, -0.2) is 4.98 Å². The number of imidazole rings is 1. The highest BCUT2D eigenvalue weighted by molar-refractivity contribution is 5.18. The molecule has 0 amide bonds. The third kappa shape index (κ3) is 2.74. The van der Waals surface area contributed by atoms with Gasteiger partial charge >= 0.3 is 0 Å². The van der Waals surface area contributed by atoms with Crippen LogP contribution in [0, 0.1) is 0 Å². The highest BCUT2D eigenvalue weighted by Gasteiger charge is 2.13. The largest absolute Gasteiger partial charge is 0.331 e. The Morgan fingerprint density at radius 1 is 1.24 bits per heavy atom. The number of aromatic nitrogens is 2. The molecule has 2 aromatic rings. The van der Waals surface area contributed by atoms with Gasteiger partial charge < -0.3 is 10.3 Å². The van der Waals surface area contributed by atoms with E-state index in [1.165, 1.54) is 5.56 Å². The van der Waals surface area contributed by atoms with Gasteiger partial charge in [0.05, 0.1) is 18.1 Å². The molecule has 0 aliphatic heterocycles. The first-order valence-corrected chi connectivity index (χ1v) is 5.99. The standard InChI is InChI=1S/C14H19N3/c1-11(2)17-10-16-9-14(17)13(15)8-12-6-4-3-5-7-12/h3-7,9-11,13H,8,15H2,1-2H3/t13-/m1/s1. The van der Waals surface area contributed by atoms with Gasteiger partial charge in [0.15, 0.2) is 0 Å². The molecule has 1 heterocycles. The van der Waals surface area contributed by atoms with Crippen molar-refractivity contribution < 1.29 is 0 Å². The summed E-state index contributed by atoms with van der Waals surface area (Å²) in [6.45, 7) is 4.28. The minimum absolute atomic E-state index is 0.00213. The van der Waals surface area contributed by atoms with Crippen molar-refractivity contribution in [2.45, 2.75) is 32.4 Å². The van der Waals surface area contributed by atoms with Crippen LogP contribution in [0.5, 0.6) is 0 Å². The van der Waals surface area contributed by atoms with Crippen molar-refractivity contribution in [3.8, 4) is 0 Å². The van der Waals surface area contributed by atoms with Crippen LogP contribution in [0.15, 0.2) is 42.9 Å². The average Bonchev–Trinajstić information content (AvgIpc) is 2.79. The number of benzene rings is 1. The average molecular weight is 229 g/mol. The predicted molar refractivity (Wildman–Crippen MR) is 69.7 cm³/mol. The number of rotatable bonds is 4. The van der Waals surface area contributed by atoms with Crippen LogP contribution in [-0.4, -0.2) is 9.55 Å². The van der Waals surface area contributed by atoms with Gasteiger partial charge in [-0.15, -0.1) is 0 Å². The fourth-order valence-electron chi connectivity index (χ4n) is 2.01. The summed E-state index contributed by atoms with van der Waals surface area (Å²) in [7, 11) is 0. The molecule has 2 N–H and O–H groups in total. The Morgan fingerprint density at radius 2 is 1.94 bits per heavy atom. The zero-order chi connectivity index (χ0) is 12.3. The highest BCUT2D eigenvalue weighted by Crippen LogP contribution is 2.18. The third-order valence-electron chi connectivity index (χ3n) is 2.93. The molecule has 1 atom stereocenters. The van der Waals surface area contributed by atoms with E-state index in [9.17, 15) is 0 Å². The molecule has 90 valence electrons. The molecule has 0 aliphatic rings. The van der Waals surface area contributed by atoms with Gasteiger partial charge in [-0.2, -0.15) is 0 Å².